The average molecular weight is 437 g/mol. The zero-order valence-electron chi connectivity index (χ0n) is 18.0. The third-order valence-corrected chi connectivity index (χ3v) is 6.35. The molecular formula is C23H28N6O3. The Kier molecular flexibility index (Phi) is 5.67. The molecule has 0 atom stereocenters. The monoisotopic (exact) mass is 436 g/mol. The summed E-state index contributed by atoms with van der Waals surface area (Å²) in [4.78, 5) is 23.7. The van der Waals surface area contributed by atoms with Crippen LogP contribution in [0.4, 0.5) is 11.4 Å². The number of aromatic nitrogens is 2. The highest BCUT2D eigenvalue weighted by atomic mass is 16.5. The van der Waals surface area contributed by atoms with E-state index in [1.54, 1.807) is 18.5 Å². The van der Waals surface area contributed by atoms with Crippen LogP contribution in [0.2, 0.25) is 0 Å². The number of carbonyl (C=O) groups excluding carboxylic acids is 1. The van der Waals surface area contributed by atoms with Crippen molar-refractivity contribution in [2.75, 3.05) is 49.6 Å². The number of fused-ring (bicyclic) bond motifs is 1. The van der Waals surface area contributed by atoms with E-state index in [2.05, 4.69) is 37.6 Å². The van der Waals surface area contributed by atoms with Gasteiger partial charge in [-0.25, -0.2) is 9.97 Å². The molecule has 2 fully saturated rings. The fraction of sp³-hybridized carbons (Fsp3) is 0.435. The van der Waals surface area contributed by atoms with Crippen molar-refractivity contribution in [1.82, 2.24) is 15.3 Å². The molecule has 0 aliphatic carbocycles. The van der Waals surface area contributed by atoms with Gasteiger partial charge >= 0.3 is 0 Å². The van der Waals surface area contributed by atoms with E-state index < -0.39 is 0 Å². The molecule has 1 aromatic heterocycles. The van der Waals surface area contributed by atoms with Gasteiger partial charge in [-0.15, -0.1) is 0 Å². The standard InChI is InChI=1S/C23H28N6O3/c24-15-17(21-26-4-1-5-27-21)22(30)28-18-12-16-14-23(2-6-25-7-3-23)32-20(16)13-19(18)29-8-10-31-11-9-29/h1,4-5,12-13,15,25H,2-3,6-11,14,24H2,(H,28,30). The minimum atomic E-state index is -0.344. The lowest BCUT2D eigenvalue weighted by atomic mass is 9.88. The Hall–Kier alpha value is -3.17. The molecule has 0 unspecified atom stereocenters. The molecule has 168 valence electrons. The van der Waals surface area contributed by atoms with Crippen LogP contribution in [-0.4, -0.2) is 60.9 Å². The van der Waals surface area contributed by atoms with E-state index in [4.69, 9.17) is 15.2 Å². The Balaban J connectivity index is 1.47. The fourth-order valence-electron chi connectivity index (χ4n) is 4.67. The molecule has 0 radical (unpaired) electrons. The Morgan fingerprint density at radius 2 is 1.94 bits per heavy atom. The molecule has 32 heavy (non-hydrogen) atoms. The third-order valence-electron chi connectivity index (χ3n) is 6.35. The Morgan fingerprint density at radius 3 is 2.66 bits per heavy atom. The maximum absolute atomic E-state index is 13.2. The zero-order chi connectivity index (χ0) is 22.0. The summed E-state index contributed by atoms with van der Waals surface area (Å²) in [5.41, 5.74) is 8.62. The highest BCUT2D eigenvalue weighted by Gasteiger charge is 2.41. The lowest BCUT2D eigenvalue weighted by Crippen LogP contribution is -2.45. The van der Waals surface area contributed by atoms with Crippen LogP contribution in [0.5, 0.6) is 5.75 Å². The number of piperidine rings is 1. The van der Waals surface area contributed by atoms with Crippen molar-refractivity contribution in [3.63, 3.8) is 0 Å². The Morgan fingerprint density at radius 1 is 1.19 bits per heavy atom. The van der Waals surface area contributed by atoms with Crippen molar-refractivity contribution in [2.45, 2.75) is 24.9 Å². The number of hydrogen-bond donors (Lipinski definition) is 3. The first-order valence-corrected chi connectivity index (χ1v) is 11.1. The second-order valence-electron chi connectivity index (χ2n) is 8.40. The second-order valence-corrected chi connectivity index (χ2v) is 8.40. The fourth-order valence-corrected chi connectivity index (χ4v) is 4.67. The van der Waals surface area contributed by atoms with Gasteiger partial charge in [-0.2, -0.15) is 0 Å². The van der Waals surface area contributed by atoms with Crippen LogP contribution in [0.15, 0.2) is 36.8 Å². The number of anilines is 2. The molecule has 2 saturated heterocycles. The predicted octanol–water partition coefficient (Wildman–Crippen LogP) is 1.31. The molecule has 1 amide bonds. The number of carbonyl (C=O) groups is 1. The normalized spacial score (nSPS) is 20.0. The largest absolute Gasteiger partial charge is 0.486 e. The van der Waals surface area contributed by atoms with Crippen LogP contribution in [0.3, 0.4) is 0 Å². The van der Waals surface area contributed by atoms with Gasteiger partial charge in [-0.3, -0.25) is 4.79 Å². The van der Waals surface area contributed by atoms with Crippen molar-refractivity contribution in [1.29, 1.82) is 0 Å². The van der Waals surface area contributed by atoms with Crippen molar-refractivity contribution >= 4 is 22.9 Å². The number of benzene rings is 1. The van der Waals surface area contributed by atoms with Gasteiger partial charge in [0.05, 0.1) is 30.2 Å². The first-order valence-electron chi connectivity index (χ1n) is 11.1. The average Bonchev–Trinajstić information content (AvgIpc) is 3.16. The summed E-state index contributed by atoms with van der Waals surface area (Å²) in [6.45, 7) is 4.70. The Labute approximate surface area is 187 Å². The molecule has 9 heteroatoms. The van der Waals surface area contributed by atoms with Gasteiger partial charge in [0, 0.05) is 49.7 Å². The van der Waals surface area contributed by atoms with E-state index >= 15 is 0 Å². The van der Waals surface area contributed by atoms with Crippen molar-refractivity contribution in [3.05, 3.63) is 48.2 Å². The van der Waals surface area contributed by atoms with Gasteiger partial charge in [0.15, 0.2) is 5.82 Å². The van der Waals surface area contributed by atoms with Gasteiger partial charge in [0.25, 0.3) is 5.91 Å². The number of hydrogen-bond acceptors (Lipinski definition) is 8. The van der Waals surface area contributed by atoms with E-state index in [9.17, 15) is 4.79 Å². The number of ether oxygens (including phenoxy) is 2. The summed E-state index contributed by atoms with van der Waals surface area (Å²) in [7, 11) is 0. The molecule has 1 aromatic carbocycles. The van der Waals surface area contributed by atoms with Gasteiger partial charge in [0.2, 0.25) is 0 Å². The van der Waals surface area contributed by atoms with Gasteiger partial charge < -0.3 is 30.7 Å². The lowest BCUT2D eigenvalue weighted by Gasteiger charge is -2.33. The summed E-state index contributed by atoms with van der Waals surface area (Å²) in [6, 6.07) is 5.82. The maximum atomic E-state index is 13.2. The summed E-state index contributed by atoms with van der Waals surface area (Å²) in [5.74, 6) is 0.856. The molecule has 0 bridgehead atoms. The van der Waals surface area contributed by atoms with Gasteiger partial charge in [-0.1, -0.05) is 0 Å². The topological polar surface area (TPSA) is 115 Å². The van der Waals surface area contributed by atoms with Crippen molar-refractivity contribution in [2.24, 2.45) is 5.73 Å². The number of nitrogens with one attached hydrogen (secondary N) is 2. The van der Waals surface area contributed by atoms with Crippen LogP contribution in [0, 0.1) is 0 Å². The third kappa shape index (κ3) is 4.01. The number of amides is 1. The van der Waals surface area contributed by atoms with Crippen LogP contribution in [0.1, 0.15) is 24.2 Å². The summed E-state index contributed by atoms with van der Waals surface area (Å²) < 4.78 is 12.0. The van der Waals surface area contributed by atoms with E-state index in [0.717, 1.165) is 68.1 Å². The summed E-state index contributed by atoms with van der Waals surface area (Å²) >= 11 is 0. The first kappa shape index (κ1) is 20.7. The van der Waals surface area contributed by atoms with E-state index in [1.165, 1.54) is 6.20 Å². The van der Waals surface area contributed by atoms with Crippen LogP contribution in [-0.2, 0) is 16.0 Å². The molecule has 1 spiro atoms. The molecule has 4 N–H and O–H groups in total. The van der Waals surface area contributed by atoms with Crippen LogP contribution >= 0.6 is 0 Å². The SMILES string of the molecule is NC=C(C(=O)Nc1cc2c(cc1N1CCOCC1)OC1(CCNCC1)C2)c1ncccn1. The number of morpholine rings is 1. The van der Waals surface area contributed by atoms with Crippen LogP contribution < -0.4 is 26.0 Å². The molecule has 9 nitrogen and oxygen atoms in total. The number of rotatable bonds is 4. The molecule has 2 aromatic rings. The minimum absolute atomic E-state index is 0.154. The molecule has 0 saturated carbocycles. The number of nitrogens with two attached hydrogens (primary N) is 1. The van der Waals surface area contributed by atoms with Crippen molar-refractivity contribution in [3.8, 4) is 5.75 Å². The Bertz CT molecular complexity index is 1010. The smallest absolute Gasteiger partial charge is 0.261 e. The van der Waals surface area contributed by atoms with Crippen LogP contribution in [0.25, 0.3) is 5.57 Å². The zero-order valence-corrected chi connectivity index (χ0v) is 18.0. The lowest BCUT2D eigenvalue weighted by molar-refractivity contribution is -0.111. The second kappa shape index (κ2) is 8.76. The van der Waals surface area contributed by atoms with Crippen molar-refractivity contribution < 1.29 is 14.3 Å². The molecule has 4 heterocycles. The quantitative estimate of drug-likeness (QED) is 0.615. The highest BCUT2D eigenvalue weighted by Crippen LogP contribution is 2.45. The maximum Gasteiger partial charge on any atom is 0.261 e. The van der Waals surface area contributed by atoms with E-state index in [1.807, 2.05) is 0 Å². The van der Waals surface area contributed by atoms with E-state index in [0.29, 0.717) is 19.0 Å². The van der Waals surface area contributed by atoms with E-state index in [-0.39, 0.29) is 17.1 Å². The molecule has 3 aliphatic rings. The molecule has 5 rings (SSSR count). The van der Waals surface area contributed by atoms with Gasteiger partial charge in [-0.05, 0) is 38.1 Å². The predicted molar refractivity (Wildman–Crippen MR) is 121 cm³/mol. The highest BCUT2D eigenvalue weighted by molar-refractivity contribution is 6.24. The summed E-state index contributed by atoms with van der Waals surface area (Å²) in [5, 5.41) is 6.47. The van der Waals surface area contributed by atoms with Gasteiger partial charge in [0.1, 0.15) is 11.4 Å². The molecule has 3 aliphatic heterocycles. The molecular weight excluding hydrogens is 408 g/mol. The summed E-state index contributed by atoms with van der Waals surface area (Å²) in [6.07, 6.45) is 7.22. The number of nitrogens with zero attached hydrogens (tertiary/aromatic N) is 3. The first-order chi connectivity index (χ1) is 15.7. The minimum Gasteiger partial charge on any atom is -0.486 e.